The maximum atomic E-state index is 11.9. The summed E-state index contributed by atoms with van der Waals surface area (Å²) in [6.45, 7) is 4.79. The lowest BCUT2D eigenvalue weighted by Crippen LogP contribution is -2.59. The van der Waals surface area contributed by atoms with Gasteiger partial charge in [-0.25, -0.2) is 0 Å². The monoisotopic (exact) mass is 345 g/mol. The van der Waals surface area contributed by atoms with Crippen molar-refractivity contribution in [2.75, 3.05) is 7.11 Å². The van der Waals surface area contributed by atoms with Crippen molar-refractivity contribution in [3.8, 4) is 0 Å². The van der Waals surface area contributed by atoms with Crippen LogP contribution in [0.5, 0.6) is 0 Å². The summed E-state index contributed by atoms with van der Waals surface area (Å²) in [5.41, 5.74) is 0.374. The third kappa shape index (κ3) is 2.47. The van der Waals surface area contributed by atoms with Crippen molar-refractivity contribution in [2.45, 2.75) is 64.8 Å². The Bertz CT molecular complexity index is 614. The average Bonchev–Trinajstić information content (AvgIpc) is 2.92. The van der Waals surface area contributed by atoms with Crippen LogP contribution in [0.2, 0.25) is 0 Å². The van der Waals surface area contributed by atoms with Crippen LogP contribution in [-0.2, 0) is 14.3 Å². The molecule has 3 saturated carbocycles. The van der Waals surface area contributed by atoms with Crippen LogP contribution in [0, 0.1) is 34.5 Å². The number of hydrogen-bond acceptors (Lipinski definition) is 3. The summed E-state index contributed by atoms with van der Waals surface area (Å²) in [5.74, 6) is 2.58. The van der Waals surface area contributed by atoms with Crippen LogP contribution in [0.3, 0.4) is 0 Å². The Hall–Kier alpha value is -1.32. The van der Waals surface area contributed by atoms with Gasteiger partial charge in [-0.15, -0.1) is 0 Å². The second kappa shape index (κ2) is 5.85. The molecule has 25 heavy (non-hydrogen) atoms. The van der Waals surface area contributed by atoms with E-state index >= 15 is 0 Å². The van der Waals surface area contributed by atoms with Crippen LogP contribution < -0.4 is 5.32 Å². The second-order valence-electron chi connectivity index (χ2n) is 9.31. The van der Waals surface area contributed by atoms with Crippen molar-refractivity contribution in [2.24, 2.45) is 34.5 Å². The van der Waals surface area contributed by atoms with Gasteiger partial charge < -0.3 is 10.1 Å². The Labute approximate surface area is 150 Å². The molecule has 0 aromatic heterocycles. The fourth-order valence-corrected chi connectivity index (χ4v) is 7.06. The highest BCUT2D eigenvalue weighted by Crippen LogP contribution is 2.65. The van der Waals surface area contributed by atoms with Crippen LogP contribution in [0.15, 0.2) is 12.2 Å². The number of esters is 1. The summed E-state index contributed by atoms with van der Waals surface area (Å²) < 4.78 is 4.95. The molecule has 3 aliphatic carbocycles. The van der Waals surface area contributed by atoms with Gasteiger partial charge in [0.15, 0.2) is 0 Å². The number of nitrogens with one attached hydrogen (secondary N) is 1. The lowest BCUT2D eigenvalue weighted by molar-refractivity contribution is -0.143. The van der Waals surface area contributed by atoms with Crippen molar-refractivity contribution in [3.05, 3.63) is 12.2 Å². The van der Waals surface area contributed by atoms with E-state index in [0.29, 0.717) is 30.2 Å². The van der Waals surface area contributed by atoms with Gasteiger partial charge in [-0.3, -0.25) is 9.59 Å². The van der Waals surface area contributed by atoms with E-state index in [0.717, 1.165) is 18.8 Å². The number of carbonyl (C=O) groups is 2. The van der Waals surface area contributed by atoms with E-state index in [4.69, 9.17) is 4.74 Å². The van der Waals surface area contributed by atoms with Crippen LogP contribution in [0.4, 0.5) is 0 Å². The molecule has 1 amide bonds. The van der Waals surface area contributed by atoms with Gasteiger partial charge in [0.1, 0.15) is 0 Å². The number of ether oxygens (including phenoxy) is 1. The summed E-state index contributed by atoms with van der Waals surface area (Å²) in [7, 11) is 1.50. The number of carbonyl (C=O) groups excluding carboxylic acids is 2. The number of fused-ring (bicyclic) bond motifs is 5. The molecule has 4 nitrogen and oxygen atoms in total. The maximum absolute atomic E-state index is 11.9. The topological polar surface area (TPSA) is 55.4 Å². The van der Waals surface area contributed by atoms with Gasteiger partial charge >= 0.3 is 5.97 Å². The fourth-order valence-electron chi connectivity index (χ4n) is 7.06. The SMILES string of the molecule is COC(=O)CC1CCC2C3CCC4NC(=O)C=CC4(C)C3CCC12C. The summed E-state index contributed by atoms with van der Waals surface area (Å²) in [6, 6.07) is 0.294. The highest BCUT2D eigenvalue weighted by Gasteiger charge is 2.59. The Morgan fingerprint density at radius 3 is 2.76 bits per heavy atom. The first kappa shape index (κ1) is 17.1. The lowest BCUT2D eigenvalue weighted by atomic mass is 9.48. The Morgan fingerprint density at radius 1 is 1.20 bits per heavy atom. The first-order valence-electron chi connectivity index (χ1n) is 9.95. The maximum Gasteiger partial charge on any atom is 0.305 e. The zero-order valence-electron chi connectivity index (χ0n) is 15.7. The molecule has 0 bridgehead atoms. The van der Waals surface area contributed by atoms with E-state index < -0.39 is 0 Å². The van der Waals surface area contributed by atoms with Crippen LogP contribution >= 0.6 is 0 Å². The number of methoxy groups -OCH3 is 1. The molecule has 0 spiro atoms. The summed E-state index contributed by atoms with van der Waals surface area (Å²) in [5, 5.41) is 3.22. The molecular weight excluding hydrogens is 314 g/mol. The van der Waals surface area contributed by atoms with E-state index in [1.54, 1.807) is 6.08 Å². The molecule has 7 unspecified atom stereocenters. The van der Waals surface area contributed by atoms with Crippen LogP contribution in [0.25, 0.3) is 0 Å². The Morgan fingerprint density at radius 2 is 2.00 bits per heavy atom. The minimum absolute atomic E-state index is 0.0532. The van der Waals surface area contributed by atoms with E-state index in [2.05, 4.69) is 25.2 Å². The Balaban J connectivity index is 1.59. The predicted octanol–water partition coefficient (Wildman–Crippen LogP) is 3.46. The number of hydrogen-bond donors (Lipinski definition) is 1. The molecule has 0 radical (unpaired) electrons. The molecule has 138 valence electrons. The summed E-state index contributed by atoms with van der Waals surface area (Å²) >= 11 is 0. The molecule has 7 atom stereocenters. The number of rotatable bonds is 2. The molecule has 0 aromatic rings. The third-order valence-corrected chi connectivity index (χ3v) is 8.52. The second-order valence-corrected chi connectivity index (χ2v) is 9.31. The minimum atomic E-state index is -0.0532. The first-order chi connectivity index (χ1) is 11.9. The van der Waals surface area contributed by atoms with Crippen molar-refractivity contribution >= 4 is 11.9 Å². The van der Waals surface area contributed by atoms with Gasteiger partial charge in [0.25, 0.3) is 0 Å². The predicted molar refractivity (Wildman–Crippen MR) is 95.6 cm³/mol. The first-order valence-corrected chi connectivity index (χ1v) is 9.95. The van der Waals surface area contributed by atoms with Gasteiger partial charge in [0.05, 0.1) is 7.11 Å². The highest BCUT2D eigenvalue weighted by molar-refractivity contribution is 5.89. The molecule has 1 heterocycles. The number of amides is 1. The van der Waals surface area contributed by atoms with Gasteiger partial charge in [-0.2, -0.15) is 0 Å². The van der Waals surface area contributed by atoms with Crippen LogP contribution in [-0.4, -0.2) is 25.0 Å². The standard InChI is InChI=1S/C21H31NO3/c1-20-10-8-16-14(15(20)6-4-13(20)12-19(24)25-3)5-7-17-21(16,2)11-9-18(23)22-17/h9,11,13-17H,4-8,10,12H2,1-3H3,(H,22,23). The molecule has 1 aliphatic heterocycles. The van der Waals surface area contributed by atoms with Gasteiger partial charge in [-0.1, -0.05) is 19.9 Å². The zero-order chi connectivity index (χ0) is 17.8. The molecule has 3 fully saturated rings. The van der Waals surface area contributed by atoms with Crippen molar-refractivity contribution in [1.82, 2.24) is 5.32 Å². The smallest absolute Gasteiger partial charge is 0.305 e. The van der Waals surface area contributed by atoms with Gasteiger partial charge in [-0.05, 0) is 73.7 Å². The molecule has 0 saturated heterocycles. The van der Waals surface area contributed by atoms with E-state index in [1.807, 2.05) is 0 Å². The molecular formula is C21H31NO3. The van der Waals surface area contributed by atoms with E-state index in [9.17, 15) is 9.59 Å². The van der Waals surface area contributed by atoms with Gasteiger partial charge in [0, 0.05) is 17.9 Å². The fraction of sp³-hybridized carbons (Fsp3) is 0.810. The van der Waals surface area contributed by atoms with E-state index in [-0.39, 0.29) is 22.7 Å². The summed E-state index contributed by atoms with van der Waals surface area (Å²) in [6.07, 6.45) is 11.6. The lowest BCUT2D eigenvalue weighted by Gasteiger charge is -2.58. The normalized spacial score (nSPS) is 48.1. The molecule has 4 heteroatoms. The quantitative estimate of drug-likeness (QED) is 0.780. The molecule has 1 N–H and O–H groups in total. The third-order valence-electron chi connectivity index (χ3n) is 8.52. The Kier molecular flexibility index (Phi) is 4.01. The average molecular weight is 345 g/mol. The highest BCUT2D eigenvalue weighted by atomic mass is 16.5. The van der Waals surface area contributed by atoms with Gasteiger partial charge in [0.2, 0.25) is 5.91 Å². The van der Waals surface area contributed by atoms with Crippen molar-refractivity contribution < 1.29 is 14.3 Å². The minimum Gasteiger partial charge on any atom is -0.469 e. The van der Waals surface area contributed by atoms with Crippen LogP contribution in [0.1, 0.15) is 58.8 Å². The zero-order valence-corrected chi connectivity index (χ0v) is 15.7. The largest absolute Gasteiger partial charge is 0.469 e. The summed E-state index contributed by atoms with van der Waals surface area (Å²) in [4.78, 5) is 23.7. The molecule has 4 aliphatic rings. The van der Waals surface area contributed by atoms with Crippen molar-refractivity contribution in [3.63, 3.8) is 0 Å². The molecule has 0 aromatic carbocycles. The molecule has 4 rings (SSSR count). The van der Waals surface area contributed by atoms with E-state index in [1.165, 1.54) is 32.8 Å². The van der Waals surface area contributed by atoms with Crippen molar-refractivity contribution in [1.29, 1.82) is 0 Å².